The van der Waals surface area contributed by atoms with E-state index < -0.39 is 36.8 Å². The highest BCUT2D eigenvalue weighted by Crippen LogP contribution is 2.20. The predicted molar refractivity (Wildman–Crippen MR) is 115 cm³/mol. The second kappa shape index (κ2) is 11.5. The van der Waals surface area contributed by atoms with E-state index in [2.05, 4.69) is 10.6 Å². The quantitative estimate of drug-likeness (QED) is 0.582. The number of hydrogen-bond acceptors (Lipinski definition) is 7. The zero-order valence-electron chi connectivity index (χ0n) is 16.4. The number of nitrogens with one attached hydrogen (secondary N) is 2. The van der Waals surface area contributed by atoms with E-state index in [1.54, 1.807) is 6.07 Å². The molecule has 1 aromatic carbocycles. The molecule has 2 amide bonds. The summed E-state index contributed by atoms with van der Waals surface area (Å²) in [5, 5.41) is 5.65. The van der Waals surface area contributed by atoms with Crippen molar-refractivity contribution in [3.63, 3.8) is 0 Å². The van der Waals surface area contributed by atoms with E-state index >= 15 is 0 Å². The van der Waals surface area contributed by atoms with E-state index in [0.29, 0.717) is 11.4 Å². The molecule has 1 atom stereocenters. The molecule has 0 bridgehead atoms. The van der Waals surface area contributed by atoms with E-state index in [1.165, 1.54) is 12.1 Å². The normalized spacial score (nSPS) is 15.6. The lowest BCUT2D eigenvalue weighted by atomic mass is 9.73. The molecule has 12 heteroatoms. The highest BCUT2D eigenvalue weighted by atomic mass is 35.5. The van der Waals surface area contributed by atoms with Gasteiger partial charge in [0.05, 0.1) is 34.6 Å². The van der Waals surface area contributed by atoms with Crippen molar-refractivity contribution in [3.05, 3.63) is 33.8 Å². The third kappa shape index (κ3) is 7.73. The summed E-state index contributed by atoms with van der Waals surface area (Å²) >= 11 is 13.0. The lowest BCUT2D eigenvalue weighted by Gasteiger charge is -2.26. The third-order valence-electron chi connectivity index (χ3n) is 3.92. The molecule has 1 fully saturated rings. The maximum absolute atomic E-state index is 12.4. The smallest absolute Gasteiger partial charge is 0.497 e. The number of rotatable bonds is 7. The number of carbonyl (C=O) groups is 4. The summed E-state index contributed by atoms with van der Waals surface area (Å²) < 4.78 is 10.4. The lowest BCUT2D eigenvalue weighted by molar-refractivity contribution is -0.138. The van der Waals surface area contributed by atoms with Crippen LogP contribution in [0, 0.1) is 5.92 Å². The largest absolute Gasteiger partial charge is 0.622 e. The van der Waals surface area contributed by atoms with Crippen LogP contribution in [0.2, 0.25) is 10.0 Å². The summed E-state index contributed by atoms with van der Waals surface area (Å²) in [4.78, 5) is 48.4. The van der Waals surface area contributed by atoms with E-state index in [0.717, 1.165) is 11.8 Å². The average molecular weight is 475 g/mol. The fraction of sp³-hybridized carbons (Fsp3) is 0.444. The Morgan fingerprint density at radius 2 is 1.80 bits per heavy atom. The van der Waals surface area contributed by atoms with Gasteiger partial charge in [-0.25, -0.2) is 0 Å². The molecule has 0 saturated carbocycles. The fourth-order valence-corrected chi connectivity index (χ4v) is 3.61. The van der Waals surface area contributed by atoms with Gasteiger partial charge in [0, 0.05) is 5.02 Å². The van der Waals surface area contributed by atoms with Crippen LogP contribution in [0.3, 0.4) is 0 Å². The highest BCUT2D eigenvalue weighted by molar-refractivity contribution is 8.00. The Kier molecular flexibility index (Phi) is 9.32. The van der Waals surface area contributed by atoms with Crippen LogP contribution < -0.4 is 10.6 Å². The van der Waals surface area contributed by atoms with Crippen molar-refractivity contribution in [2.45, 2.75) is 26.2 Å². The summed E-state index contributed by atoms with van der Waals surface area (Å²) in [7, 11) is -1.24. The molecule has 0 spiro atoms. The molecule has 1 aromatic rings. The standard InChI is InChI=1S/C18H21BCl2N2O6S/c1-10(2)5-14(19-28-16(25)8-30-9-17(26)29-19)23-15(24)7-22-18(27)12-6-11(20)3-4-13(12)21/h3-4,6,10,14H,5,7-9H2,1-2H3,(H,22,27)(H,23,24). The average Bonchev–Trinajstić information content (AvgIpc) is 2.65. The van der Waals surface area contributed by atoms with Crippen LogP contribution in [0.4, 0.5) is 0 Å². The van der Waals surface area contributed by atoms with E-state index in [1.807, 2.05) is 13.8 Å². The Balaban J connectivity index is 2.01. The second-order valence-corrected chi connectivity index (χ2v) is 8.78. The zero-order valence-corrected chi connectivity index (χ0v) is 18.7. The van der Waals surface area contributed by atoms with E-state index in [-0.39, 0.29) is 34.6 Å². The lowest BCUT2D eigenvalue weighted by Crippen LogP contribution is -2.54. The molecule has 0 aliphatic carbocycles. The van der Waals surface area contributed by atoms with Gasteiger partial charge in [-0.15, -0.1) is 11.8 Å². The topological polar surface area (TPSA) is 111 Å². The Hall–Kier alpha value is -1.91. The molecule has 1 aliphatic rings. The Morgan fingerprint density at radius 1 is 1.17 bits per heavy atom. The van der Waals surface area contributed by atoms with Crippen molar-refractivity contribution in [1.82, 2.24) is 10.6 Å². The summed E-state index contributed by atoms with van der Waals surface area (Å²) in [6.45, 7) is 3.45. The summed E-state index contributed by atoms with van der Waals surface area (Å²) in [6, 6.07) is 4.41. The third-order valence-corrected chi connectivity index (χ3v) is 5.36. The first-order chi connectivity index (χ1) is 14.2. The van der Waals surface area contributed by atoms with Gasteiger partial charge in [0.25, 0.3) is 5.91 Å². The molecular formula is C18H21BCl2N2O6S. The summed E-state index contributed by atoms with van der Waals surface area (Å²) in [5.41, 5.74) is 0.135. The van der Waals surface area contributed by atoms with Crippen molar-refractivity contribution in [3.8, 4) is 0 Å². The minimum absolute atomic E-state index is 0.0183. The zero-order chi connectivity index (χ0) is 22.3. The molecule has 0 radical (unpaired) electrons. The van der Waals surface area contributed by atoms with E-state index in [4.69, 9.17) is 32.5 Å². The number of thioether (sulfide) groups is 1. The fourth-order valence-electron chi connectivity index (χ4n) is 2.66. The van der Waals surface area contributed by atoms with Crippen molar-refractivity contribution < 1.29 is 28.5 Å². The Morgan fingerprint density at radius 3 is 2.40 bits per heavy atom. The van der Waals surface area contributed by atoms with Crippen LogP contribution in [-0.2, 0) is 23.7 Å². The first-order valence-corrected chi connectivity index (χ1v) is 11.1. The summed E-state index contributed by atoms with van der Waals surface area (Å²) in [5.74, 6) is -2.81. The molecular weight excluding hydrogens is 454 g/mol. The molecule has 1 aliphatic heterocycles. The van der Waals surface area contributed by atoms with Gasteiger partial charge in [-0.1, -0.05) is 37.0 Å². The van der Waals surface area contributed by atoms with Gasteiger partial charge in [-0.05, 0) is 30.5 Å². The minimum Gasteiger partial charge on any atom is -0.497 e. The first kappa shape index (κ1) is 24.4. The van der Waals surface area contributed by atoms with Crippen molar-refractivity contribution in [2.24, 2.45) is 5.92 Å². The maximum Gasteiger partial charge on any atom is 0.622 e. The number of benzene rings is 1. The van der Waals surface area contributed by atoms with Crippen LogP contribution in [0.5, 0.6) is 0 Å². The van der Waals surface area contributed by atoms with Gasteiger partial charge >= 0.3 is 19.1 Å². The molecule has 0 aromatic heterocycles. The highest BCUT2D eigenvalue weighted by Gasteiger charge is 2.40. The summed E-state index contributed by atoms with van der Waals surface area (Å²) in [6.07, 6.45) is 0.387. The van der Waals surface area contributed by atoms with Gasteiger partial charge < -0.3 is 19.9 Å². The van der Waals surface area contributed by atoms with Crippen LogP contribution in [0.25, 0.3) is 0 Å². The van der Waals surface area contributed by atoms with Gasteiger partial charge in [-0.2, -0.15) is 0 Å². The maximum atomic E-state index is 12.4. The predicted octanol–water partition coefficient (Wildman–Crippen LogP) is 2.11. The second-order valence-electron chi connectivity index (χ2n) is 6.95. The monoisotopic (exact) mass is 474 g/mol. The van der Waals surface area contributed by atoms with Crippen LogP contribution in [-0.4, -0.2) is 54.9 Å². The SMILES string of the molecule is CC(C)CC(NC(=O)CNC(=O)c1cc(Cl)ccc1Cl)B1OC(=O)CSCC(=O)O1. The molecule has 8 nitrogen and oxygen atoms in total. The van der Waals surface area contributed by atoms with Crippen molar-refractivity contribution in [1.29, 1.82) is 0 Å². The van der Waals surface area contributed by atoms with Gasteiger partial charge in [-0.3, -0.25) is 19.2 Å². The molecule has 1 unspecified atom stereocenters. The van der Waals surface area contributed by atoms with E-state index in [9.17, 15) is 19.2 Å². The van der Waals surface area contributed by atoms with Gasteiger partial charge in [0.15, 0.2) is 0 Å². The Bertz CT molecular complexity index is 808. The number of amides is 2. The molecule has 2 rings (SSSR count). The minimum atomic E-state index is -1.24. The van der Waals surface area contributed by atoms with Crippen LogP contribution >= 0.6 is 35.0 Å². The Labute approximate surface area is 188 Å². The molecule has 1 saturated heterocycles. The molecule has 162 valence electrons. The van der Waals surface area contributed by atoms with Crippen LogP contribution in [0.15, 0.2) is 18.2 Å². The first-order valence-electron chi connectivity index (χ1n) is 9.15. The van der Waals surface area contributed by atoms with Gasteiger partial charge in [0.2, 0.25) is 5.91 Å². The van der Waals surface area contributed by atoms with Crippen LogP contribution in [0.1, 0.15) is 30.6 Å². The van der Waals surface area contributed by atoms with Crippen molar-refractivity contribution in [2.75, 3.05) is 18.1 Å². The number of hydrogen-bond donors (Lipinski definition) is 2. The molecule has 30 heavy (non-hydrogen) atoms. The number of carbonyl (C=O) groups excluding carboxylic acids is 4. The van der Waals surface area contributed by atoms with Gasteiger partial charge in [0.1, 0.15) is 0 Å². The van der Waals surface area contributed by atoms with Crippen molar-refractivity contribution >= 4 is 65.8 Å². The molecule has 2 N–H and O–H groups in total. The number of halogens is 2. The molecule has 1 heterocycles.